The molecule has 1 saturated heterocycles. The van der Waals surface area contributed by atoms with E-state index in [0.29, 0.717) is 30.1 Å². The van der Waals surface area contributed by atoms with E-state index in [9.17, 15) is 9.59 Å². The van der Waals surface area contributed by atoms with E-state index in [1.54, 1.807) is 18.2 Å². The summed E-state index contributed by atoms with van der Waals surface area (Å²) < 4.78 is 5.53. The van der Waals surface area contributed by atoms with Crippen molar-refractivity contribution >= 4 is 34.8 Å². The number of thiocarbonyl (C=S) groups is 1. The Hall–Kier alpha value is -1.99. The second-order valence-corrected chi connectivity index (χ2v) is 7.66. The van der Waals surface area contributed by atoms with Gasteiger partial charge in [-0.25, -0.2) is 0 Å². The van der Waals surface area contributed by atoms with Crippen LogP contribution in [0.3, 0.4) is 0 Å². The Kier molecular flexibility index (Phi) is 7.18. The van der Waals surface area contributed by atoms with Gasteiger partial charge >= 0.3 is 0 Å². The molecule has 1 heterocycles. The fourth-order valence-electron chi connectivity index (χ4n) is 3.71. The van der Waals surface area contributed by atoms with Crippen molar-refractivity contribution in [3.63, 3.8) is 0 Å². The molecule has 1 aromatic carbocycles. The number of rotatable bonds is 6. The number of benzene rings is 1. The van der Waals surface area contributed by atoms with Gasteiger partial charge in [-0.05, 0) is 56.0 Å². The smallest absolute Gasteiger partial charge is 0.253 e. The number of para-hydroxylation sites is 1. The lowest BCUT2D eigenvalue weighted by atomic mass is 10.0. The van der Waals surface area contributed by atoms with Crippen LogP contribution in [0.1, 0.15) is 55.3 Å². The van der Waals surface area contributed by atoms with Crippen LogP contribution in [0.2, 0.25) is 0 Å². The van der Waals surface area contributed by atoms with E-state index in [1.165, 1.54) is 12.8 Å². The van der Waals surface area contributed by atoms with Crippen molar-refractivity contribution in [2.45, 2.75) is 51.0 Å². The summed E-state index contributed by atoms with van der Waals surface area (Å²) in [5.41, 5.74) is 1.07. The summed E-state index contributed by atoms with van der Waals surface area (Å²) in [5.74, 6) is 0.206. The quantitative estimate of drug-likeness (QED) is 0.652. The summed E-state index contributed by atoms with van der Waals surface area (Å²) in [7, 11) is 0. The van der Waals surface area contributed by atoms with Crippen molar-refractivity contribution in [2.24, 2.45) is 5.92 Å². The van der Waals surface area contributed by atoms with Gasteiger partial charge in [-0.2, -0.15) is 0 Å². The molecule has 0 aromatic heterocycles. The minimum absolute atomic E-state index is 0.0697. The molecule has 3 rings (SSSR count). The standard InChI is InChI=1S/C20H27N3O3S/c24-18(12-14-6-1-2-7-14)23-20(27)22-17-10-4-3-9-16(17)19(25)21-13-15-8-5-11-26-15/h3-4,9-10,14-15H,1-2,5-8,11-13H2,(H,21,25)(H2,22,23,24,27). The van der Waals surface area contributed by atoms with Gasteiger partial charge in [-0.3, -0.25) is 9.59 Å². The third kappa shape index (κ3) is 6.01. The molecule has 1 saturated carbocycles. The molecule has 0 radical (unpaired) electrons. The molecule has 27 heavy (non-hydrogen) atoms. The summed E-state index contributed by atoms with van der Waals surface area (Å²) in [4.78, 5) is 24.7. The molecule has 1 aromatic rings. The van der Waals surface area contributed by atoms with Gasteiger partial charge in [0.1, 0.15) is 0 Å². The maximum absolute atomic E-state index is 12.5. The maximum Gasteiger partial charge on any atom is 0.253 e. The average molecular weight is 390 g/mol. The highest BCUT2D eigenvalue weighted by atomic mass is 32.1. The molecule has 3 N–H and O–H groups in total. The van der Waals surface area contributed by atoms with E-state index >= 15 is 0 Å². The van der Waals surface area contributed by atoms with Gasteiger partial charge < -0.3 is 20.7 Å². The van der Waals surface area contributed by atoms with Gasteiger partial charge in [-0.1, -0.05) is 25.0 Å². The van der Waals surface area contributed by atoms with Gasteiger partial charge in [0.2, 0.25) is 5.91 Å². The zero-order valence-corrected chi connectivity index (χ0v) is 16.3. The van der Waals surface area contributed by atoms with Crippen molar-refractivity contribution in [3.05, 3.63) is 29.8 Å². The highest BCUT2D eigenvalue weighted by Gasteiger charge is 2.20. The Bertz CT molecular complexity index is 683. The normalized spacial score (nSPS) is 19.6. The molecular formula is C20H27N3O3S. The minimum Gasteiger partial charge on any atom is -0.376 e. The van der Waals surface area contributed by atoms with E-state index in [1.807, 2.05) is 6.07 Å². The monoisotopic (exact) mass is 389 g/mol. The second-order valence-electron chi connectivity index (χ2n) is 7.25. The Morgan fingerprint density at radius 1 is 1.11 bits per heavy atom. The number of nitrogens with one attached hydrogen (secondary N) is 3. The molecule has 1 unspecified atom stereocenters. The molecule has 6 nitrogen and oxygen atoms in total. The van der Waals surface area contributed by atoms with Crippen LogP contribution in [0.5, 0.6) is 0 Å². The Morgan fingerprint density at radius 2 is 1.89 bits per heavy atom. The van der Waals surface area contributed by atoms with Crippen LogP contribution in [0, 0.1) is 5.92 Å². The van der Waals surface area contributed by atoms with Crippen LogP contribution in [0.15, 0.2) is 24.3 Å². The summed E-state index contributed by atoms with van der Waals surface area (Å²) in [5, 5.41) is 8.84. The molecule has 1 aliphatic carbocycles. The van der Waals surface area contributed by atoms with Crippen molar-refractivity contribution in [1.82, 2.24) is 10.6 Å². The van der Waals surface area contributed by atoms with Crippen LogP contribution < -0.4 is 16.0 Å². The molecule has 2 aliphatic rings. The predicted octanol–water partition coefficient (Wildman–Crippen LogP) is 2.99. The van der Waals surface area contributed by atoms with Gasteiger partial charge in [0, 0.05) is 19.6 Å². The molecule has 0 spiro atoms. The number of carbonyl (C=O) groups is 2. The van der Waals surface area contributed by atoms with E-state index in [2.05, 4.69) is 16.0 Å². The van der Waals surface area contributed by atoms with E-state index in [0.717, 1.165) is 32.3 Å². The van der Waals surface area contributed by atoms with E-state index in [4.69, 9.17) is 17.0 Å². The first kappa shape index (κ1) is 19.8. The van der Waals surface area contributed by atoms with Crippen LogP contribution in [-0.2, 0) is 9.53 Å². The van der Waals surface area contributed by atoms with Crippen molar-refractivity contribution < 1.29 is 14.3 Å². The van der Waals surface area contributed by atoms with E-state index < -0.39 is 0 Å². The number of amides is 2. The summed E-state index contributed by atoms with van der Waals surface area (Å²) in [6.07, 6.45) is 7.23. The molecular weight excluding hydrogens is 362 g/mol. The lowest BCUT2D eigenvalue weighted by Gasteiger charge is -2.15. The third-order valence-electron chi connectivity index (χ3n) is 5.14. The molecule has 2 amide bonds. The first-order valence-corrected chi connectivity index (χ1v) is 10.1. The van der Waals surface area contributed by atoms with Crippen LogP contribution in [-0.4, -0.2) is 36.2 Å². The number of anilines is 1. The molecule has 0 bridgehead atoms. The van der Waals surface area contributed by atoms with Gasteiger partial charge in [0.15, 0.2) is 5.11 Å². The lowest BCUT2D eigenvalue weighted by Crippen LogP contribution is -2.36. The molecule has 1 aliphatic heterocycles. The van der Waals surface area contributed by atoms with Gasteiger partial charge in [0.25, 0.3) is 5.91 Å². The predicted molar refractivity (Wildman–Crippen MR) is 109 cm³/mol. The Balaban J connectivity index is 1.52. The van der Waals surface area contributed by atoms with Crippen LogP contribution >= 0.6 is 12.2 Å². The zero-order chi connectivity index (χ0) is 19.1. The van der Waals surface area contributed by atoms with Crippen molar-refractivity contribution in [3.8, 4) is 0 Å². The third-order valence-corrected chi connectivity index (χ3v) is 5.34. The fraction of sp³-hybridized carbons (Fsp3) is 0.550. The maximum atomic E-state index is 12.5. The first-order valence-electron chi connectivity index (χ1n) is 9.71. The second kappa shape index (κ2) is 9.80. The van der Waals surface area contributed by atoms with Crippen molar-refractivity contribution in [1.29, 1.82) is 0 Å². The zero-order valence-electron chi connectivity index (χ0n) is 15.5. The SMILES string of the molecule is O=C(CC1CCCC1)NC(=S)Nc1ccccc1C(=O)NCC1CCCO1. The Morgan fingerprint density at radius 3 is 2.63 bits per heavy atom. The van der Waals surface area contributed by atoms with Gasteiger partial charge in [0.05, 0.1) is 17.4 Å². The summed E-state index contributed by atoms with van der Waals surface area (Å²) in [6.45, 7) is 1.25. The van der Waals surface area contributed by atoms with Crippen molar-refractivity contribution in [2.75, 3.05) is 18.5 Å². The molecule has 2 fully saturated rings. The highest BCUT2D eigenvalue weighted by molar-refractivity contribution is 7.80. The van der Waals surface area contributed by atoms with E-state index in [-0.39, 0.29) is 23.0 Å². The minimum atomic E-state index is -0.186. The largest absolute Gasteiger partial charge is 0.376 e. The topological polar surface area (TPSA) is 79.5 Å². The number of hydrogen-bond donors (Lipinski definition) is 3. The summed E-state index contributed by atoms with van der Waals surface area (Å²) in [6, 6.07) is 7.13. The molecule has 1 atom stereocenters. The highest BCUT2D eigenvalue weighted by Crippen LogP contribution is 2.27. The van der Waals surface area contributed by atoms with Gasteiger partial charge in [-0.15, -0.1) is 0 Å². The molecule has 7 heteroatoms. The van der Waals surface area contributed by atoms with Crippen LogP contribution in [0.25, 0.3) is 0 Å². The average Bonchev–Trinajstić information content (AvgIpc) is 3.33. The summed E-state index contributed by atoms with van der Waals surface area (Å²) >= 11 is 5.26. The number of carbonyl (C=O) groups excluding carboxylic acids is 2. The first-order chi connectivity index (χ1) is 13.1. The fourth-order valence-corrected chi connectivity index (χ4v) is 3.93. The lowest BCUT2D eigenvalue weighted by molar-refractivity contribution is -0.120. The molecule has 146 valence electrons. The Labute approximate surface area is 165 Å². The van der Waals surface area contributed by atoms with Crippen LogP contribution in [0.4, 0.5) is 5.69 Å². The number of ether oxygens (including phenoxy) is 1. The number of hydrogen-bond acceptors (Lipinski definition) is 4.